The maximum atomic E-state index is 12.7. The zero-order valence-corrected chi connectivity index (χ0v) is 34.3. The van der Waals surface area contributed by atoms with Crippen molar-refractivity contribution in [2.75, 3.05) is 42.9 Å². The number of para-hydroxylation sites is 1. The van der Waals surface area contributed by atoms with Crippen molar-refractivity contribution in [3.8, 4) is 6.07 Å². The second-order valence-corrected chi connectivity index (χ2v) is 15.7. The zero-order chi connectivity index (χ0) is 39.8. The third kappa shape index (κ3) is 13.2. The van der Waals surface area contributed by atoms with Crippen molar-refractivity contribution in [2.24, 2.45) is 0 Å². The molecule has 2 aliphatic rings. The lowest BCUT2D eigenvalue weighted by Crippen LogP contribution is -2.44. The standard InChI is InChI=1S/C41H57N11O2.C2H6/c1-41(2,3)54-40(53)50-25-19-34(20-26-50)45-38-36-13-7-8-14-37(36)46-39(47-38)51(28-32-17-15-31(27-42)16-18-32)29-35-30-52(49-48-35)24-10-22-43-21-9-23-44-33-11-5-4-6-12-33;1-2/h7-8,13-18,30,33-34,43-44H,4-6,9-12,19-26,28-29H2,1-3H3,(H,45,46,47);1-2H3. The number of amides is 1. The van der Waals surface area contributed by atoms with E-state index in [1.54, 1.807) is 4.90 Å². The van der Waals surface area contributed by atoms with Gasteiger partial charge in [0.15, 0.2) is 0 Å². The number of rotatable bonds is 16. The Balaban J connectivity index is 0.00000295. The number of nitriles is 1. The van der Waals surface area contributed by atoms with Gasteiger partial charge in [0.05, 0.1) is 29.9 Å². The number of ether oxygens (including phenoxy) is 1. The van der Waals surface area contributed by atoms with E-state index >= 15 is 0 Å². The fraction of sp³-hybridized carbons (Fsp3) is 0.581. The van der Waals surface area contributed by atoms with E-state index in [1.165, 1.54) is 32.1 Å². The number of hydrogen-bond donors (Lipinski definition) is 3. The number of carbonyl (C=O) groups is 1. The minimum Gasteiger partial charge on any atom is -0.444 e. The number of fused-ring (bicyclic) bond motifs is 1. The molecule has 1 aliphatic carbocycles. The van der Waals surface area contributed by atoms with Crippen molar-refractivity contribution in [3.05, 3.63) is 71.5 Å². The molecule has 2 aromatic heterocycles. The van der Waals surface area contributed by atoms with Crippen molar-refractivity contribution in [2.45, 2.75) is 130 Å². The topological polar surface area (TPSA) is 149 Å². The SMILES string of the molecule is CC.CC(C)(C)OC(=O)N1CCC(Nc2nc(N(Cc3ccc(C#N)cc3)Cc3cn(CCCNCCCNC4CCCCC4)nn3)nc3ccccc23)CC1. The van der Waals surface area contributed by atoms with Gasteiger partial charge in [0.25, 0.3) is 0 Å². The van der Waals surface area contributed by atoms with Gasteiger partial charge in [-0.1, -0.05) is 62.6 Å². The van der Waals surface area contributed by atoms with Crippen molar-refractivity contribution >= 4 is 28.8 Å². The third-order valence-electron chi connectivity index (χ3n) is 10.1. The molecule has 3 N–H and O–H groups in total. The first-order valence-electron chi connectivity index (χ1n) is 20.8. The maximum Gasteiger partial charge on any atom is 0.410 e. The van der Waals surface area contributed by atoms with Crippen molar-refractivity contribution in [1.29, 1.82) is 5.26 Å². The van der Waals surface area contributed by atoms with E-state index in [0.717, 1.165) is 79.8 Å². The van der Waals surface area contributed by atoms with Crippen LogP contribution in [0.25, 0.3) is 10.9 Å². The summed E-state index contributed by atoms with van der Waals surface area (Å²) in [7, 11) is 0. The molecule has 13 nitrogen and oxygen atoms in total. The number of anilines is 2. The van der Waals surface area contributed by atoms with E-state index in [2.05, 4.69) is 37.2 Å². The summed E-state index contributed by atoms with van der Waals surface area (Å²) in [6.07, 6.45) is 12.2. The minimum atomic E-state index is -0.525. The van der Waals surface area contributed by atoms with Gasteiger partial charge in [0.1, 0.15) is 17.1 Å². The highest BCUT2D eigenvalue weighted by atomic mass is 16.6. The number of benzene rings is 2. The van der Waals surface area contributed by atoms with E-state index in [4.69, 9.17) is 14.7 Å². The molecule has 13 heteroatoms. The lowest BCUT2D eigenvalue weighted by molar-refractivity contribution is 0.0210. The Morgan fingerprint density at radius 1 is 0.911 bits per heavy atom. The molecule has 1 amide bonds. The molecule has 0 radical (unpaired) electrons. The van der Waals surface area contributed by atoms with Crippen LogP contribution in [0.15, 0.2) is 54.7 Å². The Morgan fingerprint density at radius 3 is 2.38 bits per heavy atom. The first-order chi connectivity index (χ1) is 27.2. The van der Waals surface area contributed by atoms with Crippen molar-refractivity contribution in [1.82, 2.24) is 40.5 Å². The summed E-state index contributed by atoms with van der Waals surface area (Å²) in [5.74, 6) is 1.33. The quantitative estimate of drug-likeness (QED) is 0.0978. The number of piperidine rings is 1. The predicted octanol–water partition coefficient (Wildman–Crippen LogP) is 7.43. The fourth-order valence-corrected chi connectivity index (χ4v) is 7.18. The van der Waals surface area contributed by atoms with Gasteiger partial charge in [-0.25, -0.2) is 9.78 Å². The highest BCUT2D eigenvalue weighted by Gasteiger charge is 2.28. The van der Waals surface area contributed by atoms with E-state index in [-0.39, 0.29) is 12.1 Å². The molecule has 1 saturated heterocycles. The first kappa shape index (κ1) is 42.3. The molecular weight excluding hydrogens is 703 g/mol. The van der Waals surface area contributed by atoms with E-state index < -0.39 is 5.60 Å². The molecule has 6 rings (SSSR count). The zero-order valence-electron chi connectivity index (χ0n) is 34.3. The highest BCUT2D eigenvalue weighted by molar-refractivity contribution is 5.90. The largest absolute Gasteiger partial charge is 0.444 e. The molecule has 1 aliphatic heterocycles. The van der Waals surface area contributed by atoms with Gasteiger partial charge < -0.3 is 30.5 Å². The molecule has 4 aromatic rings. The summed E-state index contributed by atoms with van der Waals surface area (Å²) < 4.78 is 7.52. The van der Waals surface area contributed by atoms with Gasteiger partial charge in [0, 0.05) is 43.6 Å². The smallest absolute Gasteiger partial charge is 0.410 e. The Labute approximate surface area is 333 Å². The molecule has 3 heterocycles. The molecule has 0 bridgehead atoms. The number of nitrogens with zero attached hydrogens (tertiary/aromatic N) is 8. The molecular formula is C43H63N11O2. The maximum absolute atomic E-state index is 12.7. The van der Waals surface area contributed by atoms with Crippen molar-refractivity contribution < 1.29 is 9.53 Å². The van der Waals surface area contributed by atoms with Gasteiger partial charge in [-0.15, -0.1) is 5.10 Å². The summed E-state index contributed by atoms with van der Waals surface area (Å²) in [5.41, 5.74) is 2.78. The molecule has 56 heavy (non-hydrogen) atoms. The van der Waals surface area contributed by atoms with E-state index in [1.807, 2.05) is 94.0 Å². The van der Waals surface area contributed by atoms with Crippen LogP contribution in [-0.4, -0.2) is 86.4 Å². The van der Waals surface area contributed by atoms with Crippen LogP contribution in [0, 0.1) is 11.3 Å². The van der Waals surface area contributed by atoms with Crippen LogP contribution in [0.1, 0.15) is 109 Å². The molecule has 0 unspecified atom stereocenters. The highest BCUT2D eigenvalue weighted by Crippen LogP contribution is 2.28. The second kappa shape index (κ2) is 21.5. The van der Waals surface area contributed by atoms with Gasteiger partial charge in [-0.2, -0.15) is 10.2 Å². The van der Waals surface area contributed by atoms with Gasteiger partial charge in [-0.3, -0.25) is 4.68 Å². The number of aryl methyl sites for hydroxylation is 1. The van der Waals surface area contributed by atoms with Gasteiger partial charge in [-0.05, 0) is 109 Å². The van der Waals surface area contributed by atoms with Crippen LogP contribution in [0.2, 0.25) is 0 Å². The third-order valence-corrected chi connectivity index (χ3v) is 10.1. The number of hydrogen-bond acceptors (Lipinski definition) is 11. The monoisotopic (exact) mass is 766 g/mol. The number of nitrogens with one attached hydrogen (secondary N) is 3. The summed E-state index contributed by atoms with van der Waals surface area (Å²) in [6, 6.07) is 18.7. The average molecular weight is 766 g/mol. The van der Waals surface area contributed by atoms with Gasteiger partial charge in [0.2, 0.25) is 5.95 Å². The van der Waals surface area contributed by atoms with Gasteiger partial charge >= 0.3 is 6.09 Å². The molecule has 0 spiro atoms. The van der Waals surface area contributed by atoms with Crippen LogP contribution in [-0.2, 0) is 24.4 Å². The first-order valence-corrected chi connectivity index (χ1v) is 20.8. The lowest BCUT2D eigenvalue weighted by atomic mass is 9.95. The van der Waals surface area contributed by atoms with Crippen LogP contribution in [0.5, 0.6) is 0 Å². The Bertz CT molecular complexity index is 1820. The van der Waals surface area contributed by atoms with Crippen LogP contribution in [0.4, 0.5) is 16.6 Å². The Morgan fingerprint density at radius 2 is 1.64 bits per heavy atom. The summed E-state index contributed by atoms with van der Waals surface area (Å²) in [5, 5.41) is 30.3. The summed E-state index contributed by atoms with van der Waals surface area (Å²) in [6.45, 7) is 15.7. The predicted molar refractivity (Wildman–Crippen MR) is 223 cm³/mol. The van der Waals surface area contributed by atoms with Crippen LogP contribution >= 0.6 is 0 Å². The van der Waals surface area contributed by atoms with E-state index in [0.29, 0.717) is 43.7 Å². The van der Waals surface area contributed by atoms with Crippen LogP contribution in [0.3, 0.4) is 0 Å². The molecule has 1 saturated carbocycles. The summed E-state index contributed by atoms with van der Waals surface area (Å²) in [4.78, 5) is 26.7. The van der Waals surface area contributed by atoms with E-state index in [9.17, 15) is 10.1 Å². The normalized spacial score (nSPS) is 15.2. The van der Waals surface area contributed by atoms with Crippen LogP contribution < -0.4 is 20.9 Å². The second-order valence-electron chi connectivity index (χ2n) is 15.7. The molecule has 2 aromatic carbocycles. The Hall–Kier alpha value is -4.80. The fourth-order valence-electron chi connectivity index (χ4n) is 7.18. The number of carbonyl (C=O) groups excluding carboxylic acids is 1. The average Bonchev–Trinajstić information content (AvgIpc) is 3.66. The Kier molecular flexibility index (Phi) is 16.2. The molecule has 0 atom stereocenters. The minimum absolute atomic E-state index is 0.134. The number of likely N-dealkylation sites (tertiary alicyclic amines) is 1. The molecule has 302 valence electrons. The number of aromatic nitrogens is 5. The molecule has 2 fully saturated rings. The summed E-state index contributed by atoms with van der Waals surface area (Å²) >= 11 is 0. The lowest BCUT2D eigenvalue weighted by Gasteiger charge is -2.34. The van der Waals surface area contributed by atoms with Crippen molar-refractivity contribution in [3.63, 3.8) is 0 Å².